The number of methoxy groups -OCH3 is 1. The fourth-order valence-electron chi connectivity index (χ4n) is 1.25. The molecular weight excluding hydrogens is 263 g/mol. The lowest BCUT2D eigenvalue weighted by molar-refractivity contribution is -0.103. The Labute approximate surface area is 77.9 Å². The molecule has 2 saturated heterocycles. The predicted molar refractivity (Wildman–Crippen MR) is 44.4 cm³/mol. The molecule has 1 N–H and O–H groups in total. The van der Waals surface area contributed by atoms with Crippen LogP contribution < -0.4 is 0 Å². The molecule has 2 fully saturated rings. The van der Waals surface area contributed by atoms with E-state index in [2.05, 4.69) is 22.6 Å². The molecule has 0 saturated carbocycles. The van der Waals surface area contributed by atoms with Crippen molar-refractivity contribution in [3.05, 3.63) is 0 Å². The zero-order valence-electron chi connectivity index (χ0n) is 5.94. The van der Waals surface area contributed by atoms with Crippen LogP contribution in [0.1, 0.15) is 0 Å². The number of halogens is 1. The predicted octanol–water partition coefficient (Wildman–Crippen LogP) is -0.121. The molecule has 2 heterocycles. The second kappa shape index (κ2) is 2.81. The molecule has 0 aromatic rings. The molecule has 0 aliphatic carbocycles. The number of hydrogen-bond acceptors (Lipinski definition) is 4. The van der Waals surface area contributed by atoms with Crippen LogP contribution in [0.4, 0.5) is 0 Å². The smallest absolute Gasteiger partial charge is 0.188 e. The molecule has 0 aromatic carbocycles. The average molecular weight is 272 g/mol. The van der Waals surface area contributed by atoms with Crippen LogP contribution in [-0.2, 0) is 14.2 Å². The second-order valence-corrected chi connectivity index (χ2v) is 3.87. The highest BCUT2D eigenvalue weighted by molar-refractivity contribution is 14.1. The SMILES string of the molecule is COC1C(I)OC2OC2C1O. The summed E-state index contributed by atoms with van der Waals surface area (Å²) in [4.78, 5) is 0. The first-order chi connectivity index (χ1) is 5.24. The maximum atomic E-state index is 9.51. The van der Waals surface area contributed by atoms with E-state index < -0.39 is 6.10 Å². The summed E-state index contributed by atoms with van der Waals surface area (Å²) in [6, 6.07) is 0. The van der Waals surface area contributed by atoms with Crippen molar-refractivity contribution in [1.29, 1.82) is 0 Å². The molecule has 64 valence electrons. The molecule has 0 aromatic heterocycles. The third kappa shape index (κ3) is 1.29. The van der Waals surface area contributed by atoms with Crippen LogP contribution >= 0.6 is 22.6 Å². The first-order valence-corrected chi connectivity index (χ1v) is 4.64. The highest BCUT2D eigenvalue weighted by Crippen LogP contribution is 2.38. The lowest BCUT2D eigenvalue weighted by Gasteiger charge is -2.27. The van der Waals surface area contributed by atoms with Gasteiger partial charge >= 0.3 is 0 Å². The van der Waals surface area contributed by atoms with E-state index in [9.17, 15) is 5.11 Å². The number of ether oxygens (including phenoxy) is 3. The van der Waals surface area contributed by atoms with Gasteiger partial charge in [0.15, 0.2) is 6.29 Å². The Bertz CT molecular complexity index is 165. The summed E-state index contributed by atoms with van der Waals surface area (Å²) < 4.78 is 15.3. The third-order valence-corrected chi connectivity index (χ3v) is 2.95. The minimum absolute atomic E-state index is 0.114. The zero-order valence-corrected chi connectivity index (χ0v) is 8.09. The van der Waals surface area contributed by atoms with Gasteiger partial charge in [-0.25, -0.2) is 0 Å². The van der Waals surface area contributed by atoms with Crippen LogP contribution in [-0.4, -0.2) is 40.9 Å². The first-order valence-electron chi connectivity index (χ1n) is 3.40. The summed E-state index contributed by atoms with van der Waals surface area (Å²) in [5.41, 5.74) is 0. The second-order valence-electron chi connectivity index (χ2n) is 2.65. The van der Waals surface area contributed by atoms with Crippen LogP contribution in [0.15, 0.2) is 0 Å². The Morgan fingerprint density at radius 2 is 2.18 bits per heavy atom. The van der Waals surface area contributed by atoms with Gasteiger partial charge in [-0.05, 0) is 22.6 Å². The van der Waals surface area contributed by atoms with Crippen LogP contribution in [0, 0.1) is 0 Å². The van der Waals surface area contributed by atoms with Crippen LogP contribution in [0.2, 0.25) is 0 Å². The summed E-state index contributed by atoms with van der Waals surface area (Å²) in [6.45, 7) is 0. The number of fused-ring (bicyclic) bond motifs is 1. The van der Waals surface area contributed by atoms with E-state index in [0.717, 1.165) is 0 Å². The van der Waals surface area contributed by atoms with Crippen molar-refractivity contribution < 1.29 is 19.3 Å². The van der Waals surface area contributed by atoms with Crippen molar-refractivity contribution in [2.75, 3.05) is 7.11 Å². The molecule has 2 rings (SSSR count). The molecular formula is C6H9IO4. The largest absolute Gasteiger partial charge is 0.387 e. The Morgan fingerprint density at radius 3 is 2.82 bits per heavy atom. The van der Waals surface area contributed by atoms with Crippen molar-refractivity contribution in [1.82, 2.24) is 0 Å². The maximum absolute atomic E-state index is 9.51. The van der Waals surface area contributed by atoms with Gasteiger partial charge in [0.2, 0.25) is 0 Å². The summed E-state index contributed by atoms with van der Waals surface area (Å²) in [7, 11) is 1.56. The van der Waals surface area contributed by atoms with Gasteiger partial charge in [-0.3, -0.25) is 0 Å². The third-order valence-electron chi connectivity index (χ3n) is 1.95. The lowest BCUT2D eigenvalue weighted by Crippen LogP contribution is -2.45. The molecule has 5 heteroatoms. The van der Waals surface area contributed by atoms with E-state index in [0.29, 0.717) is 0 Å². The molecule has 0 radical (unpaired) electrons. The van der Waals surface area contributed by atoms with E-state index in [4.69, 9.17) is 14.2 Å². The summed E-state index contributed by atoms with van der Waals surface area (Å²) in [5, 5.41) is 9.51. The van der Waals surface area contributed by atoms with Gasteiger partial charge in [0.05, 0.1) is 0 Å². The van der Waals surface area contributed by atoms with Crippen molar-refractivity contribution in [2.24, 2.45) is 0 Å². The van der Waals surface area contributed by atoms with Crippen LogP contribution in [0.3, 0.4) is 0 Å². The normalized spacial score (nSPS) is 55.4. The van der Waals surface area contributed by atoms with Crippen molar-refractivity contribution in [2.45, 2.75) is 28.7 Å². The maximum Gasteiger partial charge on any atom is 0.188 e. The molecule has 5 unspecified atom stereocenters. The molecule has 11 heavy (non-hydrogen) atoms. The van der Waals surface area contributed by atoms with Gasteiger partial charge < -0.3 is 19.3 Å². The van der Waals surface area contributed by atoms with E-state index in [1.807, 2.05) is 0 Å². The fraction of sp³-hybridized carbons (Fsp3) is 1.00. The van der Waals surface area contributed by atoms with E-state index in [1.54, 1.807) is 7.11 Å². The summed E-state index contributed by atoms with van der Waals surface area (Å²) >= 11 is 2.09. The molecule has 0 spiro atoms. The molecule has 0 bridgehead atoms. The quantitative estimate of drug-likeness (QED) is 0.411. The highest BCUT2D eigenvalue weighted by Gasteiger charge is 2.56. The highest BCUT2D eigenvalue weighted by atomic mass is 127. The van der Waals surface area contributed by atoms with E-state index >= 15 is 0 Å². The Hall–Kier alpha value is 0.570. The number of aliphatic hydroxyl groups is 1. The molecule has 2 aliphatic heterocycles. The van der Waals surface area contributed by atoms with Crippen molar-refractivity contribution in [3.8, 4) is 0 Å². The van der Waals surface area contributed by atoms with Crippen molar-refractivity contribution >= 4 is 22.6 Å². The standard InChI is InChI=1S/C6H9IO4/c1-9-3-2(8)4-6(10-4)11-5(3)7/h2-6,8H,1H3. The Balaban J connectivity index is 2.05. The summed E-state index contributed by atoms with van der Waals surface area (Å²) in [6.07, 6.45) is -1.16. The van der Waals surface area contributed by atoms with E-state index in [-0.39, 0.29) is 22.6 Å². The number of hydrogen-bond donors (Lipinski definition) is 1. The summed E-state index contributed by atoms with van der Waals surface area (Å²) in [5.74, 6) is 0. The minimum atomic E-state index is -0.541. The van der Waals surface area contributed by atoms with Gasteiger partial charge in [-0.15, -0.1) is 0 Å². The number of aliphatic hydroxyl groups excluding tert-OH is 1. The lowest BCUT2D eigenvalue weighted by atomic mass is 10.1. The van der Waals surface area contributed by atoms with E-state index in [1.165, 1.54) is 0 Å². The van der Waals surface area contributed by atoms with Crippen molar-refractivity contribution in [3.63, 3.8) is 0 Å². The topological polar surface area (TPSA) is 51.2 Å². The zero-order chi connectivity index (χ0) is 8.01. The molecule has 4 nitrogen and oxygen atoms in total. The van der Waals surface area contributed by atoms with Gasteiger partial charge in [0, 0.05) is 7.11 Å². The Morgan fingerprint density at radius 1 is 1.45 bits per heavy atom. The molecule has 5 atom stereocenters. The molecule has 2 aliphatic rings. The minimum Gasteiger partial charge on any atom is -0.387 e. The Kier molecular flexibility index (Phi) is 2.09. The number of rotatable bonds is 1. The fourth-order valence-corrected chi connectivity index (χ4v) is 2.26. The van der Waals surface area contributed by atoms with Gasteiger partial charge in [-0.2, -0.15) is 0 Å². The van der Waals surface area contributed by atoms with Crippen LogP contribution in [0.5, 0.6) is 0 Å². The number of alkyl halides is 1. The number of epoxide rings is 1. The van der Waals surface area contributed by atoms with Gasteiger partial charge in [0.1, 0.15) is 22.4 Å². The average Bonchev–Trinajstić information content (AvgIpc) is 2.68. The van der Waals surface area contributed by atoms with Gasteiger partial charge in [-0.1, -0.05) is 0 Å². The molecule has 0 amide bonds. The first kappa shape index (κ1) is 8.18. The van der Waals surface area contributed by atoms with Crippen LogP contribution in [0.25, 0.3) is 0 Å². The van der Waals surface area contributed by atoms with Gasteiger partial charge in [0.25, 0.3) is 0 Å². The monoisotopic (exact) mass is 272 g/mol.